The van der Waals surface area contributed by atoms with Gasteiger partial charge < -0.3 is 19.3 Å². The van der Waals surface area contributed by atoms with Crippen LogP contribution in [-0.2, 0) is 19.1 Å². The number of alkyl halides is 2. The van der Waals surface area contributed by atoms with Crippen LogP contribution in [0, 0.1) is 18.8 Å². The molecule has 10 nitrogen and oxygen atoms in total. The third kappa shape index (κ3) is 5.24. The molecule has 2 N–H and O–H groups in total. The molecular weight excluding hydrogens is 514 g/mol. The number of methoxy groups -OCH3 is 1. The molecule has 2 aromatic heterocycles. The Balaban J connectivity index is 1.43. The Morgan fingerprint density at radius 1 is 1.14 bits per heavy atom. The average Bonchev–Trinajstić information content (AvgIpc) is 3.28. The second-order valence-corrected chi connectivity index (χ2v) is 8.65. The minimum Gasteiger partial charge on any atom is -0.469 e. The number of benzene rings is 1. The number of pyridine rings is 1. The summed E-state index contributed by atoms with van der Waals surface area (Å²) in [6.45, 7) is 3.27. The van der Waals surface area contributed by atoms with E-state index >= 15 is 0 Å². The van der Waals surface area contributed by atoms with Crippen LogP contribution in [0.3, 0.4) is 0 Å². The molecule has 0 radical (unpaired) electrons. The molecular formula is C24H21ClF2N4O6. The molecule has 13 heteroatoms. The number of nitrogens with zero attached hydrogens (tertiary/aromatic N) is 2. The van der Waals surface area contributed by atoms with Crippen LogP contribution < -0.4 is 10.6 Å². The van der Waals surface area contributed by atoms with Crippen molar-refractivity contribution < 1.29 is 37.2 Å². The third-order valence-electron chi connectivity index (χ3n) is 5.77. The molecule has 1 aliphatic carbocycles. The topological polar surface area (TPSA) is 133 Å². The first-order valence-electron chi connectivity index (χ1n) is 11.0. The Kier molecular flexibility index (Phi) is 7.12. The van der Waals surface area contributed by atoms with E-state index in [2.05, 4.69) is 25.5 Å². The van der Waals surface area contributed by atoms with Crippen molar-refractivity contribution in [2.75, 3.05) is 17.7 Å². The van der Waals surface area contributed by atoms with Crippen LogP contribution in [0.2, 0.25) is 5.02 Å². The number of aromatic nitrogens is 2. The first kappa shape index (κ1) is 26.0. The number of nitrogens with one attached hydrogen (secondary N) is 2. The summed E-state index contributed by atoms with van der Waals surface area (Å²) in [4.78, 5) is 40.4. The molecule has 3 atom stereocenters. The normalized spacial score (nSPS) is 18.4. The molecule has 1 saturated carbocycles. The second kappa shape index (κ2) is 10.1. The Hall–Kier alpha value is -4.06. The number of amides is 2. The number of ether oxygens (including phenoxy) is 2. The number of esters is 1. The van der Waals surface area contributed by atoms with E-state index in [-0.39, 0.29) is 22.8 Å². The molecule has 2 unspecified atom stereocenters. The molecule has 3 aromatic rings. The molecule has 0 aliphatic heterocycles. The lowest BCUT2D eigenvalue weighted by Crippen LogP contribution is -2.18. The quantitative estimate of drug-likeness (QED) is 0.405. The number of halogens is 3. The van der Waals surface area contributed by atoms with E-state index in [4.69, 9.17) is 20.9 Å². The van der Waals surface area contributed by atoms with Crippen molar-refractivity contribution in [2.45, 2.75) is 25.9 Å². The number of hydrogen-bond donors (Lipinski definition) is 2. The van der Waals surface area contributed by atoms with E-state index in [0.29, 0.717) is 16.3 Å². The van der Waals surface area contributed by atoms with Gasteiger partial charge in [-0.1, -0.05) is 35.0 Å². The summed E-state index contributed by atoms with van der Waals surface area (Å²) in [7, 11) is 0.974. The van der Waals surface area contributed by atoms with E-state index in [1.807, 2.05) is 0 Å². The summed E-state index contributed by atoms with van der Waals surface area (Å²) >= 11 is 6.15. The van der Waals surface area contributed by atoms with Gasteiger partial charge in [-0.05, 0) is 32.0 Å². The van der Waals surface area contributed by atoms with Crippen molar-refractivity contribution in [3.05, 3.63) is 58.9 Å². The summed E-state index contributed by atoms with van der Waals surface area (Å²) in [6, 6.07) is 9.78. The van der Waals surface area contributed by atoms with Gasteiger partial charge in [-0.3, -0.25) is 19.9 Å². The molecule has 1 fully saturated rings. The Bertz CT molecular complexity index is 1350. The number of aryl methyl sites for hydroxylation is 1. The standard InChI is InChI=1S/C24H21ClF2N4O6/c1-11-19(30-23(34)36-12(2)14-6-4-5-7-15(14)25)20(37-31-11)16-9-8-13(10-28-16)29-21(32)17-18(22(33)35-3)24(17,26)27/h4-10,12,17-18H,1-3H3,(H,29,32)(H,30,34)/t12-,17?,18?/m1/s1. The fraction of sp³-hybridized carbons (Fsp3) is 0.292. The highest BCUT2D eigenvalue weighted by molar-refractivity contribution is 6.31. The van der Waals surface area contributed by atoms with E-state index < -0.39 is 41.8 Å². The van der Waals surface area contributed by atoms with Crippen molar-refractivity contribution in [3.8, 4) is 11.5 Å². The van der Waals surface area contributed by atoms with Gasteiger partial charge in [0.2, 0.25) is 11.7 Å². The Labute approximate surface area is 214 Å². The average molecular weight is 535 g/mol. The van der Waals surface area contributed by atoms with Crippen LogP contribution in [-0.4, -0.2) is 41.1 Å². The predicted octanol–water partition coefficient (Wildman–Crippen LogP) is 5.00. The minimum atomic E-state index is -3.49. The minimum absolute atomic E-state index is 0.109. The lowest BCUT2D eigenvalue weighted by atomic mass is 10.1. The van der Waals surface area contributed by atoms with Crippen molar-refractivity contribution in [3.63, 3.8) is 0 Å². The first-order chi connectivity index (χ1) is 17.5. The lowest BCUT2D eigenvalue weighted by Gasteiger charge is -2.15. The van der Waals surface area contributed by atoms with E-state index in [0.717, 1.165) is 7.11 Å². The summed E-state index contributed by atoms with van der Waals surface area (Å²) in [5.41, 5.74) is 1.53. The highest BCUT2D eigenvalue weighted by Gasteiger charge is 2.76. The molecule has 194 valence electrons. The fourth-order valence-electron chi connectivity index (χ4n) is 3.75. The van der Waals surface area contributed by atoms with Crippen molar-refractivity contribution in [2.24, 2.45) is 11.8 Å². The molecule has 0 saturated heterocycles. The number of rotatable bonds is 7. The number of carbonyl (C=O) groups excluding carboxylic acids is 3. The summed E-state index contributed by atoms with van der Waals surface area (Å²) in [5, 5.41) is 9.18. The van der Waals surface area contributed by atoms with Crippen molar-refractivity contribution in [1.82, 2.24) is 10.1 Å². The van der Waals surface area contributed by atoms with Gasteiger partial charge in [-0.2, -0.15) is 0 Å². The predicted molar refractivity (Wildman–Crippen MR) is 127 cm³/mol. The van der Waals surface area contributed by atoms with Crippen LogP contribution in [0.4, 0.5) is 25.0 Å². The number of carbonyl (C=O) groups is 3. The van der Waals surface area contributed by atoms with Crippen LogP contribution in [0.25, 0.3) is 11.5 Å². The van der Waals surface area contributed by atoms with Gasteiger partial charge in [-0.25, -0.2) is 13.6 Å². The van der Waals surface area contributed by atoms with Crippen LogP contribution in [0.5, 0.6) is 0 Å². The third-order valence-corrected chi connectivity index (χ3v) is 6.12. The van der Waals surface area contributed by atoms with Gasteiger partial charge in [0.05, 0.1) is 19.0 Å². The molecule has 0 bridgehead atoms. The van der Waals surface area contributed by atoms with E-state index in [9.17, 15) is 23.2 Å². The number of hydrogen-bond acceptors (Lipinski definition) is 8. The largest absolute Gasteiger partial charge is 0.469 e. The van der Waals surface area contributed by atoms with Gasteiger partial charge in [0.25, 0.3) is 5.92 Å². The van der Waals surface area contributed by atoms with Gasteiger partial charge in [0, 0.05) is 10.6 Å². The second-order valence-electron chi connectivity index (χ2n) is 8.24. The zero-order chi connectivity index (χ0) is 26.9. The van der Waals surface area contributed by atoms with Gasteiger partial charge in [-0.15, -0.1) is 0 Å². The van der Waals surface area contributed by atoms with Crippen LogP contribution in [0.15, 0.2) is 47.1 Å². The highest BCUT2D eigenvalue weighted by Crippen LogP contribution is 2.56. The number of anilines is 2. The molecule has 2 heterocycles. The molecule has 37 heavy (non-hydrogen) atoms. The molecule has 1 aliphatic rings. The Morgan fingerprint density at radius 2 is 1.86 bits per heavy atom. The maximum atomic E-state index is 13.8. The lowest BCUT2D eigenvalue weighted by molar-refractivity contribution is -0.144. The van der Waals surface area contributed by atoms with Gasteiger partial charge in [0.1, 0.15) is 35.0 Å². The van der Waals surface area contributed by atoms with Gasteiger partial charge in [0.15, 0.2) is 0 Å². The van der Waals surface area contributed by atoms with Crippen molar-refractivity contribution >= 4 is 40.9 Å². The van der Waals surface area contributed by atoms with Crippen LogP contribution >= 0.6 is 11.6 Å². The molecule has 4 rings (SSSR count). The Morgan fingerprint density at radius 3 is 2.51 bits per heavy atom. The SMILES string of the molecule is COC(=O)C1C(C(=O)Nc2ccc(-c3onc(C)c3NC(=O)O[C@H](C)c3ccccc3Cl)nc2)C1(F)F. The van der Waals surface area contributed by atoms with E-state index in [1.54, 1.807) is 38.1 Å². The smallest absolute Gasteiger partial charge is 0.412 e. The zero-order valence-electron chi connectivity index (χ0n) is 19.8. The highest BCUT2D eigenvalue weighted by atomic mass is 35.5. The molecule has 0 spiro atoms. The monoisotopic (exact) mass is 534 g/mol. The maximum Gasteiger partial charge on any atom is 0.412 e. The van der Waals surface area contributed by atoms with Crippen molar-refractivity contribution in [1.29, 1.82) is 0 Å². The summed E-state index contributed by atoms with van der Waals surface area (Å²) in [5.74, 6) is -9.22. The molecule has 1 aromatic carbocycles. The maximum absolute atomic E-state index is 13.8. The summed E-state index contributed by atoms with van der Waals surface area (Å²) < 4.78 is 42.7. The van der Waals surface area contributed by atoms with E-state index in [1.165, 1.54) is 18.3 Å². The van der Waals surface area contributed by atoms with Gasteiger partial charge >= 0.3 is 12.1 Å². The zero-order valence-corrected chi connectivity index (χ0v) is 20.5. The summed E-state index contributed by atoms with van der Waals surface area (Å²) in [6.07, 6.45) is -0.217. The fourth-order valence-corrected chi connectivity index (χ4v) is 4.04. The first-order valence-corrected chi connectivity index (χ1v) is 11.3. The van der Waals surface area contributed by atoms with Crippen LogP contribution in [0.1, 0.15) is 24.3 Å². The molecule has 2 amide bonds.